The normalized spacial score (nSPS) is 47.3. The number of carboxylic acid groups (broad SMARTS) is 1. The minimum absolute atomic E-state index is 0.902. The second-order valence-corrected chi connectivity index (χ2v) is 22.8. The van der Waals surface area contributed by atoms with Crippen LogP contribution in [-0.2, 0) is 80.8 Å². The van der Waals surface area contributed by atoms with Gasteiger partial charge < -0.3 is 185 Å². The Bertz CT molecular complexity index is 2360. The molecule has 36 atom stereocenters. The zero-order chi connectivity index (χ0) is 68.1. The van der Waals surface area contributed by atoms with Crippen molar-refractivity contribution < 1.29 is 188 Å². The first kappa shape index (κ1) is 75.9. The highest BCUT2D eigenvalue weighted by atomic mass is 16.8. The van der Waals surface area contributed by atoms with Gasteiger partial charge >= 0.3 is 5.97 Å². The van der Waals surface area contributed by atoms with Crippen LogP contribution in [0.5, 0.6) is 0 Å². The van der Waals surface area contributed by atoms with Crippen LogP contribution in [0, 0.1) is 0 Å². The maximum absolute atomic E-state index is 13.5. The second-order valence-electron chi connectivity index (χ2n) is 22.8. The number of rotatable bonds is 26. The Morgan fingerprint density at radius 1 is 0.380 bits per heavy atom. The number of carbonyl (C=O) groups is 4. The molecule has 0 saturated carbocycles. The van der Waals surface area contributed by atoms with Crippen LogP contribution in [0.3, 0.4) is 0 Å². The average molecular weight is 1350 g/mol. The third kappa shape index (κ3) is 16.9. The molecule has 532 valence electrons. The molecule has 0 radical (unpaired) electrons. The summed E-state index contributed by atoms with van der Waals surface area (Å²) in [5.41, 5.74) is 5.44. The minimum Gasteiger partial charge on any atom is -0.480 e. The van der Waals surface area contributed by atoms with Crippen LogP contribution < -0.4 is 21.7 Å². The second kappa shape index (κ2) is 33.2. The van der Waals surface area contributed by atoms with Crippen molar-refractivity contribution >= 4 is 23.7 Å². The first-order valence-corrected chi connectivity index (χ1v) is 28.9. The summed E-state index contributed by atoms with van der Waals surface area (Å²) in [6, 6.07) is -6.11. The zero-order valence-electron chi connectivity index (χ0n) is 48.9. The summed E-state index contributed by atoms with van der Waals surface area (Å²) in [4.78, 5) is 52.0. The van der Waals surface area contributed by atoms with E-state index in [1.807, 2.05) is 0 Å². The number of primary amides is 1. The number of aliphatic carboxylic acids is 1. The lowest BCUT2D eigenvalue weighted by Gasteiger charge is -2.52. The quantitative estimate of drug-likeness (QED) is 0.0382. The van der Waals surface area contributed by atoms with Gasteiger partial charge in [0.15, 0.2) is 37.7 Å². The molecule has 42 nitrogen and oxygen atoms in total. The van der Waals surface area contributed by atoms with E-state index in [1.54, 1.807) is 0 Å². The van der Waals surface area contributed by atoms with E-state index in [0.717, 1.165) is 13.8 Å². The van der Waals surface area contributed by atoms with Crippen LogP contribution in [0.25, 0.3) is 0 Å². The van der Waals surface area contributed by atoms with Gasteiger partial charge in [0.05, 0.1) is 58.7 Å². The van der Waals surface area contributed by atoms with Crippen LogP contribution in [0.2, 0.25) is 0 Å². The van der Waals surface area contributed by atoms with Gasteiger partial charge in [-0.05, 0) is 0 Å². The van der Waals surface area contributed by atoms with Gasteiger partial charge in [-0.2, -0.15) is 0 Å². The van der Waals surface area contributed by atoms with Crippen molar-refractivity contribution in [2.75, 3.05) is 46.2 Å². The Kier molecular flexibility index (Phi) is 27.4. The van der Waals surface area contributed by atoms with Gasteiger partial charge in [0.25, 0.3) is 0 Å². The standard InChI is InChI=1S/C50H84N4O38/c1-11(61)52-22-40(90-45-23(53-12(2)62)39(28(68)18(8-59)82-45)89-47-35(75)31(71)25(65)15(5-56)84-47)38(88-46-34(74)30(70)24(64)14(4-55)83-46)20(81-43(22)54-13(44(78)79)3-21(51)63)10-80-50-42(92-49-37(77)33(73)27(67)17(7-58)86-49)41(29(69)19(9-60)87-50)91-48-36(76)32(72)26(66)16(6-57)85-48/h13-20,22-43,45-50,54-60,64-77H,3-10H2,1-2H3,(H2,51,63)(H,52,61)(H,53,62)(H,78,79). The van der Waals surface area contributed by atoms with Gasteiger partial charge in [-0.3, -0.25) is 24.5 Å². The molecule has 7 heterocycles. The summed E-state index contributed by atoms with van der Waals surface area (Å²) in [6.07, 6.45) is -70.5. The summed E-state index contributed by atoms with van der Waals surface area (Å²) in [6.45, 7) is -5.91. The van der Waals surface area contributed by atoms with E-state index in [1.165, 1.54) is 0 Å². The Morgan fingerprint density at radius 2 is 0.707 bits per heavy atom. The molecule has 7 saturated heterocycles. The third-order valence-electron chi connectivity index (χ3n) is 16.4. The molecule has 36 unspecified atom stereocenters. The SMILES string of the molecule is CC(=O)NC1C(OC2C(NC(C)=O)C(NC(CC(N)=O)C(=O)O)OC(COC3OC(CO)C(O)C(OC4OC(CO)C(O)C(O)C4O)C3OC3OC(CO)C(O)C(O)C3O)C2OC2OC(CO)C(O)C(O)C2O)OC(CO)C(O)C1OC1OC(CO)C(O)C(O)C1O. The first-order valence-electron chi connectivity index (χ1n) is 28.9. The molecule has 42 heteroatoms. The lowest BCUT2D eigenvalue weighted by Crippen LogP contribution is -2.73. The lowest BCUT2D eigenvalue weighted by atomic mass is 9.92. The highest BCUT2D eigenvalue weighted by molar-refractivity contribution is 5.83. The van der Waals surface area contributed by atoms with Gasteiger partial charge in [0.1, 0.15) is 177 Å². The van der Waals surface area contributed by atoms with E-state index in [4.69, 9.17) is 67.3 Å². The summed E-state index contributed by atoms with van der Waals surface area (Å²) in [5, 5.41) is 234. The van der Waals surface area contributed by atoms with Crippen molar-refractivity contribution in [3.63, 3.8) is 0 Å². The van der Waals surface area contributed by atoms with Crippen LogP contribution in [0.1, 0.15) is 20.3 Å². The Balaban J connectivity index is 1.39. The van der Waals surface area contributed by atoms with Crippen LogP contribution >= 0.6 is 0 Å². The monoisotopic (exact) mass is 1350 g/mol. The number of carbonyl (C=O) groups excluding carboxylic acids is 3. The minimum atomic E-state index is -2.36. The molecule has 0 bridgehead atoms. The van der Waals surface area contributed by atoms with E-state index in [9.17, 15) is 126 Å². The fraction of sp³-hybridized carbons (Fsp3) is 0.920. The predicted octanol–water partition coefficient (Wildman–Crippen LogP) is -17.1. The molecule has 7 fully saturated rings. The average Bonchev–Trinajstić information content (AvgIpc) is 0.794. The van der Waals surface area contributed by atoms with E-state index in [0.29, 0.717) is 0 Å². The number of amides is 3. The largest absolute Gasteiger partial charge is 0.480 e. The van der Waals surface area contributed by atoms with E-state index in [-0.39, 0.29) is 0 Å². The number of ether oxygens (including phenoxy) is 13. The number of hydrogen-bond acceptors (Lipinski definition) is 38. The Labute approximate surface area is 519 Å². The van der Waals surface area contributed by atoms with Crippen molar-refractivity contribution in [1.29, 1.82) is 0 Å². The zero-order valence-corrected chi connectivity index (χ0v) is 48.9. The van der Waals surface area contributed by atoms with Crippen molar-refractivity contribution in [2.24, 2.45) is 5.73 Å². The molecule has 0 aromatic rings. The van der Waals surface area contributed by atoms with Gasteiger partial charge in [0.2, 0.25) is 17.7 Å². The smallest absolute Gasteiger partial charge is 0.321 e. The Hall–Kier alpha value is -3.48. The predicted molar refractivity (Wildman–Crippen MR) is 281 cm³/mol. The van der Waals surface area contributed by atoms with E-state index < -0.39 is 297 Å². The number of nitrogens with one attached hydrogen (secondary N) is 3. The molecule has 0 aromatic heterocycles. The number of carboxylic acids is 1. The molecule has 3 amide bonds. The molecule has 26 N–H and O–H groups in total. The topological polar surface area (TPSA) is 675 Å². The summed E-state index contributed by atoms with van der Waals surface area (Å²) >= 11 is 0. The summed E-state index contributed by atoms with van der Waals surface area (Å²) < 4.78 is 78.0. The molecule has 7 aliphatic heterocycles. The van der Waals surface area contributed by atoms with E-state index in [2.05, 4.69) is 16.0 Å². The molecule has 0 aliphatic carbocycles. The molecule has 7 rings (SSSR count). The van der Waals surface area contributed by atoms with Crippen LogP contribution in [0.15, 0.2) is 0 Å². The maximum atomic E-state index is 13.5. The van der Waals surface area contributed by atoms with Crippen LogP contribution in [-0.4, -0.2) is 398 Å². The van der Waals surface area contributed by atoms with Crippen molar-refractivity contribution in [3.05, 3.63) is 0 Å². The van der Waals surface area contributed by atoms with Gasteiger partial charge in [-0.25, -0.2) is 0 Å². The number of aliphatic hydroxyl groups is 20. The number of nitrogens with two attached hydrogens (primary N) is 1. The van der Waals surface area contributed by atoms with Gasteiger partial charge in [-0.15, -0.1) is 0 Å². The highest BCUT2D eigenvalue weighted by Crippen LogP contribution is 2.39. The molecule has 92 heavy (non-hydrogen) atoms. The van der Waals surface area contributed by atoms with Crippen molar-refractivity contribution in [1.82, 2.24) is 16.0 Å². The van der Waals surface area contributed by atoms with Gasteiger partial charge in [-0.1, -0.05) is 0 Å². The van der Waals surface area contributed by atoms with Crippen molar-refractivity contribution in [2.45, 2.75) is 241 Å². The molecule has 7 aliphatic rings. The van der Waals surface area contributed by atoms with Crippen LogP contribution in [0.4, 0.5) is 0 Å². The lowest BCUT2D eigenvalue weighted by molar-refractivity contribution is -0.396. The molecule has 0 aromatic carbocycles. The molecular weight excluding hydrogens is 1260 g/mol. The van der Waals surface area contributed by atoms with Gasteiger partial charge in [0, 0.05) is 13.8 Å². The maximum Gasteiger partial charge on any atom is 0.321 e. The molecular formula is C50H84N4O38. The fourth-order valence-corrected chi connectivity index (χ4v) is 11.4. The summed E-state index contributed by atoms with van der Waals surface area (Å²) in [5.74, 6) is -5.07. The fourth-order valence-electron chi connectivity index (χ4n) is 11.4. The first-order chi connectivity index (χ1) is 43.4. The number of aliphatic hydroxyl groups excluding tert-OH is 20. The third-order valence-corrected chi connectivity index (χ3v) is 16.4. The van der Waals surface area contributed by atoms with E-state index >= 15 is 0 Å². The highest BCUT2D eigenvalue weighted by Gasteiger charge is 2.60. The Morgan fingerprint density at radius 3 is 1.09 bits per heavy atom. The van der Waals surface area contributed by atoms with Crippen molar-refractivity contribution in [3.8, 4) is 0 Å². The summed E-state index contributed by atoms with van der Waals surface area (Å²) in [7, 11) is 0. The molecule has 0 spiro atoms. The number of hydrogen-bond donors (Lipinski definition) is 25.